The lowest BCUT2D eigenvalue weighted by Crippen LogP contribution is -2.20. The van der Waals surface area contributed by atoms with Crippen LogP contribution in [0.5, 0.6) is 0 Å². The molecule has 0 aliphatic heterocycles. The fourth-order valence-corrected chi connectivity index (χ4v) is 0.507. The molecule has 0 saturated heterocycles. The SMILES string of the molecule is CN(C)CCNI. The third-order valence-electron chi connectivity index (χ3n) is 0.654. The van der Waals surface area contributed by atoms with Gasteiger partial charge < -0.3 is 4.90 Å². The van der Waals surface area contributed by atoms with Gasteiger partial charge in [0, 0.05) is 36.0 Å². The third-order valence-corrected chi connectivity index (χ3v) is 1.19. The van der Waals surface area contributed by atoms with Crippen LogP contribution in [0.1, 0.15) is 0 Å². The van der Waals surface area contributed by atoms with Crippen LogP contribution in [0.15, 0.2) is 0 Å². The number of rotatable bonds is 3. The Kier molecular flexibility index (Phi) is 5.25. The van der Waals surface area contributed by atoms with Crippen molar-refractivity contribution in [2.45, 2.75) is 0 Å². The van der Waals surface area contributed by atoms with E-state index in [4.69, 9.17) is 0 Å². The van der Waals surface area contributed by atoms with Crippen molar-refractivity contribution in [2.24, 2.45) is 0 Å². The summed E-state index contributed by atoms with van der Waals surface area (Å²) in [5.41, 5.74) is 0. The maximum atomic E-state index is 3.03. The molecule has 1 N–H and O–H groups in total. The van der Waals surface area contributed by atoms with Gasteiger partial charge in [-0.15, -0.1) is 0 Å². The lowest BCUT2D eigenvalue weighted by molar-refractivity contribution is 0.417. The summed E-state index contributed by atoms with van der Waals surface area (Å²) < 4.78 is 3.03. The average Bonchev–Trinajstić information content (AvgIpc) is 1.61. The van der Waals surface area contributed by atoms with Gasteiger partial charge in [0.05, 0.1) is 0 Å². The molecule has 0 saturated carbocycles. The van der Waals surface area contributed by atoms with E-state index in [-0.39, 0.29) is 0 Å². The maximum Gasteiger partial charge on any atom is 0.0178 e. The van der Waals surface area contributed by atoms with Gasteiger partial charge in [0.25, 0.3) is 0 Å². The average molecular weight is 214 g/mol. The minimum absolute atomic E-state index is 1.06. The zero-order valence-corrected chi connectivity index (χ0v) is 6.90. The van der Waals surface area contributed by atoms with Gasteiger partial charge in [-0.1, -0.05) is 0 Å². The van der Waals surface area contributed by atoms with Crippen molar-refractivity contribution in [3.63, 3.8) is 0 Å². The van der Waals surface area contributed by atoms with E-state index >= 15 is 0 Å². The molecule has 0 aromatic carbocycles. The maximum absolute atomic E-state index is 3.03. The molecular formula is C4H11IN2. The first-order valence-corrected chi connectivity index (χ1v) is 3.33. The molecule has 44 valence electrons. The van der Waals surface area contributed by atoms with Gasteiger partial charge in [0.2, 0.25) is 0 Å². The van der Waals surface area contributed by atoms with E-state index in [0.717, 1.165) is 13.1 Å². The highest BCUT2D eigenvalue weighted by Crippen LogP contribution is 1.72. The standard InChI is InChI=1S/C4H11IN2/c1-7(2)4-3-6-5/h6H,3-4H2,1-2H3. The van der Waals surface area contributed by atoms with E-state index in [2.05, 4.69) is 45.4 Å². The molecule has 0 spiro atoms. The first-order valence-electron chi connectivity index (χ1n) is 2.25. The molecule has 2 nitrogen and oxygen atoms in total. The summed E-state index contributed by atoms with van der Waals surface area (Å²) >= 11 is 2.14. The quantitative estimate of drug-likeness (QED) is 0.543. The van der Waals surface area contributed by atoms with Crippen molar-refractivity contribution in [1.82, 2.24) is 8.43 Å². The van der Waals surface area contributed by atoms with Crippen molar-refractivity contribution in [3.8, 4) is 0 Å². The van der Waals surface area contributed by atoms with Gasteiger partial charge in [-0.3, -0.25) is 3.53 Å². The Hall–Kier alpha value is 0.650. The number of hydrogen-bond donors (Lipinski definition) is 1. The van der Waals surface area contributed by atoms with Crippen molar-refractivity contribution >= 4 is 22.9 Å². The van der Waals surface area contributed by atoms with E-state index in [9.17, 15) is 0 Å². The molecule has 0 heterocycles. The molecule has 0 bridgehead atoms. The van der Waals surface area contributed by atoms with Crippen LogP contribution in [-0.4, -0.2) is 32.1 Å². The predicted molar refractivity (Wildman–Crippen MR) is 40.6 cm³/mol. The van der Waals surface area contributed by atoms with E-state index in [1.54, 1.807) is 0 Å². The Morgan fingerprint density at radius 3 is 2.29 bits per heavy atom. The van der Waals surface area contributed by atoms with Crippen LogP contribution in [0.2, 0.25) is 0 Å². The van der Waals surface area contributed by atoms with E-state index in [1.807, 2.05) is 0 Å². The second-order valence-electron chi connectivity index (χ2n) is 1.69. The summed E-state index contributed by atoms with van der Waals surface area (Å²) in [5.74, 6) is 0. The van der Waals surface area contributed by atoms with Crippen LogP contribution >= 0.6 is 22.9 Å². The first-order chi connectivity index (χ1) is 3.27. The van der Waals surface area contributed by atoms with Crippen molar-refractivity contribution in [1.29, 1.82) is 0 Å². The Balaban J connectivity index is 2.68. The van der Waals surface area contributed by atoms with Crippen molar-refractivity contribution < 1.29 is 0 Å². The largest absolute Gasteiger partial charge is 0.308 e. The van der Waals surface area contributed by atoms with Gasteiger partial charge in [0.1, 0.15) is 0 Å². The third kappa shape index (κ3) is 6.65. The summed E-state index contributed by atoms with van der Waals surface area (Å²) in [6, 6.07) is 0. The molecule has 0 aromatic heterocycles. The number of halogens is 1. The van der Waals surface area contributed by atoms with Crippen LogP contribution in [0.4, 0.5) is 0 Å². The molecule has 0 radical (unpaired) electrons. The molecule has 0 unspecified atom stereocenters. The lowest BCUT2D eigenvalue weighted by Gasteiger charge is -2.05. The summed E-state index contributed by atoms with van der Waals surface area (Å²) in [5, 5.41) is 0. The molecule has 0 aromatic rings. The van der Waals surface area contributed by atoms with Crippen molar-refractivity contribution in [3.05, 3.63) is 0 Å². The van der Waals surface area contributed by atoms with Gasteiger partial charge in [-0.2, -0.15) is 0 Å². The molecule has 3 heteroatoms. The normalized spacial score (nSPS) is 10.3. The van der Waals surface area contributed by atoms with E-state index in [1.165, 1.54) is 0 Å². The topological polar surface area (TPSA) is 15.3 Å². The summed E-state index contributed by atoms with van der Waals surface area (Å²) in [6.45, 7) is 2.18. The number of nitrogens with zero attached hydrogens (tertiary/aromatic N) is 1. The van der Waals surface area contributed by atoms with Crippen molar-refractivity contribution in [2.75, 3.05) is 27.2 Å². The van der Waals surface area contributed by atoms with Gasteiger partial charge >= 0.3 is 0 Å². The molecule has 7 heavy (non-hydrogen) atoms. The van der Waals surface area contributed by atoms with Gasteiger partial charge in [0.15, 0.2) is 0 Å². The molecule has 0 aliphatic rings. The second kappa shape index (κ2) is 4.80. The minimum atomic E-state index is 1.06. The summed E-state index contributed by atoms with van der Waals surface area (Å²) in [7, 11) is 4.13. The van der Waals surface area contributed by atoms with Gasteiger partial charge in [-0.25, -0.2) is 0 Å². The highest BCUT2D eigenvalue weighted by atomic mass is 127. The monoisotopic (exact) mass is 214 g/mol. The fraction of sp³-hybridized carbons (Fsp3) is 1.00. The molecule has 0 atom stereocenters. The second-order valence-corrected chi connectivity index (χ2v) is 2.45. The van der Waals surface area contributed by atoms with Crippen LogP contribution in [0.25, 0.3) is 0 Å². The number of nitrogens with one attached hydrogen (secondary N) is 1. The molecule has 0 fully saturated rings. The summed E-state index contributed by atoms with van der Waals surface area (Å²) in [6.07, 6.45) is 0. The smallest absolute Gasteiger partial charge is 0.0178 e. The highest BCUT2D eigenvalue weighted by molar-refractivity contribution is 14.1. The van der Waals surface area contributed by atoms with Crippen LogP contribution in [0, 0.1) is 0 Å². The van der Waals surface area contributed by atoms with Crippen LogP contribution in [-0.2, 0) is 0 Å². The van der Waals surface area contributed by atoms with Gasteiger partial charge in [-0.05, 0) is 14.1 Å². The number of hydrogen-bond acceptors (Lipinski definition) is 2. The van der Waals surface area contributed by atoms with Crippen LogP contribution < -0.4 is 3.53 Å². The minimum Gasteiger partial charge on any atom is -0.308 e. The zero-order valence-electron chi connectivity index (χ0n) is 4.74. The molecule has 0 aliphatic carbocycles. The molecular weight excluding hydrogens is 203 g/mol. The molecule has 0 amide bonds. The Bertz CT molecular complexity index is 38.7. The van der Waals surface area contributed by atoms with Crippen LogP contribution in [0.3, 0.4) is 0 Å². The number of likely N-dealkylation sites (N-methyl/N-ethyl adjacent to an activating group) is 1. The van der Waals surface area contributed by atoms with E-state index in [0.29, 0.717) is 0 Å². The van der Waals surface area contributed by atoms with E-state index < -0.39 is 0 Å². The first kappa shape index (κ1) is 7.65. The summed E-state index contributed by atoms with van der Waals surface area (Å²) in [4.78, 5) is 2.14. The Morgan fingerprint density at radius 2 is 2.14 bits per heavy atom. The highest BCUT2D eigenvalue weighted by Gasteiger charge is 1.83. The Labute approximate surface area is 58.8 Å². The lowest BCUT2D eigenvalue weighted by atomic mass is 10.6. The fourth-order valence-electron chi connectivity index (χ4n) is 0.266. The Morgan fingerprint density at radius 1 is 1.57 bits per heavy atom. The zero-order chi connectivity index (χ0) is 5.70. The molecule has 0 rings (SSSR count). The predicted octanol–water partition coefficient (Wildman–Crippen LogP) is 0.488.